The van der Waals surface area contributed by atoms with Crippen molar-refractivity contribution >= 4 is 34.7 Å². The van der Waals surface area contributed by atoms with E-state index in [0.29, 0.717) is 22.7 Å². The largest absolute Gasteiger partial charge is 0.349 e. The number of carbonyl (C=O) groups excluding carboxylic acids is 3. The minimum atomic E-state index is -0.751. The van der Waals surface area contributed by atoms with Gasteiger partial charge in [-0.25, -0.2) is 0 Å². The number of nitrogens with one attached hydrogen (secondary N) is 3. The predicted molar refractivity (Wildman–Crippen MR) is 98.8 cm³/mol. The molecule has 1 unspecified atom stereocenters. The molecule has 3 amide bonds. The van der Waals surface area contributed by atoms with Crippen molar-refractivity contribution < 1.29 is 14.4 Å². The number of benzene rings is 1. The highest BCUT2D eigenvalue weighted by Gasteiger charge is 2.19. The normalized spacial score (nSPS) is 11.2. The summed E-state index contributed by atoms with van der Waals surface area (Å²) in [5.41, 5.74) is 0.723. The van der Waals surface area contributed by atoms with E-state index >= 15 is 0 Å². The van der Waals surface area contributed by atoms with Crippen LogP contribution >= 0.6 is 11.3 Å². The molecule has 0 radical (unpaired) electrons. The molecule has 0 bridgehead atoms. The molecule has 0 aliphatic carbocycles. The molecule has 1 heterocycles. The maximum absolute atomic E-state index is 12.3. The molecule has 2 rings (SSSR count). The highest BCUT2D eigenvalue weighted by molar-refractivity contribution is 7.12. The molecule has 2 aromatic rings. The summed E-state index contributed by atoms with van der Waals surface area (Å²) in [5, 5.41) is 9.77. The molecule has 1 aromatic heterocycles. The molecule has 0 saturated carbocycles. The van der Waals surface area contributed by atoms with Crippen molar-refractivity contribution in [3.05, 3.63) is 64.9 Å². The van der Waals surface area contributed by atoms with Crippen LogP contribution in [0.15, 0.2) is 54.4 Å². The predicted octanol–water partition coefficient (Wildman–Crippen LogP) is 2.42. The molecule has 0 aliphatic heterocycles. The smallest absolute Gasteiger partial charge is 0.261 e. The molecule has 0 saturated heterocycles. The SMILES string of the molecule is C=CCNC(=O)c1ccccc1NC(=O)C(C)NC(=O)c1cccs1. The summed E-state index contributed by atoms with van der Waals surface area (Å²) in [4.78, 5) is 37.0. The van der Waals surface area contributed by atoms with E-state index in [1.54, 1.807) is 54.8 Å². The second-order valence-electron chi connectivity index (χ2n) is 5.21. The second-order valence-corrected chi connectivity index (χ2v) is 6.15. The van der Waals surface area contributed by atoms with Crippen molar-refractivity contribution in [3.8, 4) is 0 Å². The molecule has 25 heavy (non-hydrogen) atoms. The van der Waals surface area contributed by atoms with Gasteiger partial charge in [0.2, 0.25) is 5.91 Å². The molecule has 1 atom stereocenters. The lowest BCUT2D eigenvalue weighted by Crippen LogP contribution is -2.41. The zero-order valence-electron chi connectivity index (χ0n) is 13.7. The monoisotopic (exact) mass is 357 g/mol. The number of hydrogen-bond acceptors (Lipinski definition) is 4. The van der Waals surface area contributed by atoms with E-state index in [1.807, 2.05) is 0 Å². The van der Waals surface area contributed by atoms with Gasteiger partial charge in [0.05, 0.1) is 16.1 Å². The summed E-state index contributed by atoms with van der Waals surface area (Å²) >= 11 is 1.30. The van der Waals surface area contributed by atoms with Crippen LogP contribution < -0.4 is 16.0 Å². The summed E-state index contributed by atoms with van der Waals surface area (Å²) in [6.07, 6.45) is 1.57. The molecule has 6 nitrogen and oxygen atoms in total. The van der Waals surface area contributed by atoms with Gasteiger partial charge in [-0.1, -0.05) is 24.3 Å². The zero-order chi connectivity index (χ0) is 18.2. The molecular weight excluding hydrogens is 338 g/mol. The van der Waals surface area contributed by atoms with Gasteiger partial charge in [-0.3, -0.25) is 14.4 Å². The number of rotatable bonds is 7. The van der Waals surface area contributed by atoms with E-state index in [-0.39, 0.29) is 11.8 Å². The number of thiophene rings is 1. The Hall–Kier alpha value is -2.93. The minimum absolute atomic E-state index is 0.310. The molecular formula is C18H19N3O3S. The van der Waals surface area contributed by atoms with Crippen LogP contribution in [0.25, 0.3) is 0 Å². The Morgan fingerprint density at radius 2 is 1.92 bits per heavy atom. The van der Waals surface area contributed by atoms with Crippen LogP contribution in [0.5, 0.6) is 0 Å². The van der Waals surface area contributed by atoms with Crippen molar-refractivity contribution in [2.24, 2.45) is 0 Å². The Bertz CT molecular complexity index is 772. The van der Waals surface area contributed by atoms with Gasteiger partial charge in [0, 0.05) is 6.54 Å². The molecule has 0 aliphatic rings. The topological polar surface area (TPSA) is 87.3 Å². The molecule has 0 fully saturated rings. The van der Waals surface area contributed by atoms with Gasteiger partial charge >= 0.3 is 0 Å². The van der Waals surface area contributed by atoms with Gasteiger partial charge in [0.25, 0.3) is 11.8 Å². The van der Waals surface area contributed by atoms with Crippen LogP contribution in [0.1, 0.15) is 27.0 Å². The lowest BCUT2D eigenvalue weighted by molar-refractivity contribution is -0.117. The van der Waals surface area contributed by atoms with Crippen LogP contribution in [0.4, 0.5) is 5.69 Å². The lowest BCUT2D eigenvalue weighted by atomic mass is 10.1. The highest BCUT2D eigenvalue weighted by Crippen LogP contribution is 2.15. The third kappa shape index (κ3) is 5.02. The van der Waals surface area contributed by atoms with E-state index in [2.05, 4.69) is 22.5 Å². The van der Waals surface area contributed by atoms with Gasteiger partial charge in [-0.15, -0.1) is 17.9 Å². The molecule has 130 valence electrons. The maximum atomic E-state index is 12.3. The van der Waals surface area contributed by atoms with Crippen molar-refractivity contribution in [2.75, 3.05) is 11.9 Å². The average molecular weight is 357 g/mol. The fourth-order valence-electron chi connectivity index (χ4n) is 2.03. The first-order valence-corrected chi connectivity index (χ1v) is 8.54. The summed E-state index contributed by atoms with van der Waals surface area (Å²) in [6.45, 7) is 5.46. The van der Waals surface area contributed by atoms with Gasteiger partial charge < -0.3 is 16.0 Å². The Labute approximate surface area is 149 Å². The first-order valence-electron chi connectivity index (χ1n) is 7.66. The van der Waals surface area contributed by atoms with E-state index in [0.717, 1.165) is 0 Å². The first-order chi connectivity index (χ1) is 12.0. The van der Waals surface area contributed by atoms with Crippen LogP contribution in [0.2, 0.25) is 0 Å². The molecule has 1 aromatic carbocycles. The van der Waals surface area contributed by atoms with Crippen LogP contribution in [0, 0.1) is 0 Å². The number of anilines is 1. The Morgan fingerprint density at radius 3 is 2.60 bits per heavy atom. The van der Waals surface area contributed by atoms with Gasteiger partial charge in [-0.2, -0.15) is 0 Å². The third-order valence-electron chi connectivity index (χ3n) is 3.32. The van der Waals surface area contributed by atoms with E-state index in [9.17, 15) is 14.4 Å². The van der Waals surface area contributed by atoms with Crippen LogP contribution in [-0.2, 0) is 4.79 Å². The Kier molecular flexibility index (Phi) is 6.47. The summed E-state index contributed by atoms with van der Waals surface area (Å²) in [6, 6.07) is 9.37. The average Bonchev–Trinajstić information content (AvgIpc) is 3.14. The fraction of sp³-hybridized carbons (Fsp3) is 0.167. The van der Waals surface area contributed by atoms with Crippen molar-refractivity contribution in [3.63, 3.8) is 0 Å². The molecule has 7 heteroatoms. The number of amides is 3. The summed E-state index contributed by atoms with van der Waals surface area (Å²) in [7, 11) is 0. The van der Waals surface area contributed by atoms with Gasteiger partial charge in [0.1, 0.15) is 6.04 Å². The first kappa shape index (κ1) is 18.4. The quantitative estimate of drug-likeness (QED) is 0.665. The standard InChI is InChI=1S/C18H19N3O3S/c1-3-10-19-17(23)13-7-4-5-8-14(13)21-16(22)12(2)20-18(24)15-9-6-11-25-15/h3-9,11-12H,1,10H2,2H3,(H,19,23)(H,20,24)(H,21,22). The Balaban J connectivity index is 2.03. The van der Waals surface area contributed by atoms with Crippen LogP contribution in [0.3, 0.4) is 0 Å². The lowest BCUT2D eigenvalue weighted by Gasteiger charge is -2.15. The minimum Gasteiger partial charge on any atom is -0.349 e. The highest BCUT2D eigenvalue weighted by atomic mass is 32.1. The molecule has 0 spiro atoms. The number of para-hydroxylation sites is 1. The van der Waals surface area contributed by atoms with E-state index in [1.165, 1.54) is 11.3 Å². The van der Waals surface area contributed by atoms with Gasteiger partial charge in [0.15, 0.2) is 0 Å². The second kappa shape index (κ2) is 8.79. The van der Waals surface area contributed by atoms with E-state index in [4.69, 9.17) is 0 Å². The maximum Gasteiger partial charge on any atom is 0.261 e. The summed E-state index contributed by atoms with van der Waals surface area (Å²) < 4.78 is 0. The van der Waals surface area contributed by atoms with Crippen molar-refractivity contribution in [1.82, 2.24) is 10.6 Å². The number of carbonyl (C=O) groups is 3. The molecule has 3 N–H and O–H groups in total. The Morgan fingerprint density at radius 1 is 1.16 bits per heavy atom. The fourth-order valence-corrected chi connectivity index (χ4v) is 2.66. The van der Waals surface area contributed by atoms with E-state index < -0.39 is 11.9 Å². The zero-order valence-corrected chi connectivity index (χ0v) is 14.6. The van der Waals surface area contributed by atoms with Crippen LogP contribution in [-0.4, -0.2) is 30.3 Å². The van der Waals surface area contributed by atoms with Crippen molar-refractivity contribution in [2.45, 2.75) is 13.0 Å². The summed E-state index contributed by atoms with van der Waals surface area (Å²) in [5.74, 6) is -1.03. The van der Waals surface area contributed by atoms with Gasteiger partial charge in [-0.05, 0) is 30.5 Å². The third-order valence-corrected chi connectivity index (χ3v) is 4.19. The van der Waals surface area contributed by atoms with Crippen molar-refractivity contribution in [1.29, 1.82) is 0 Å². The number of hydrogen-bond donors (Lipinski definition) is 3.